The second kappa shape index (κ2) is 19.1. The number of amides is 4. The van der Waals surface area contributed by atoms with E-state index in [0.717, 1.165) is 59.5 Å². The number of ether oxygens (including phenoxy) is 4. The SMILES string of the molecule is COC(=O)N[C@H](C(=O)N1C(C)CCC[C@H]1c1nc(C#N)c(-c2ccc(-c3ccc(-c4cnc([C@@H]5C[C@H]6C[C@H]6N5C(=O)[C@@H](NC(=O)OC)C5CCOCC5)[nH]4)cc3)cc2)[nH]1)C1CCOCC1. The summed E-state index contributed by atoms with van der Waals surface area (Å²) < 4.78 is 20.9. The van der Waals surface area contributed by atoms with E-state index in [-0.39, 0.29) is 47.5 Å². The molecule has 0 radical (unpaired) electrons. The molecule has 5 aliphatic rings. The van der Waals surface area contributed by atoms with Crippen LogP contribution in [0.2, 0.25) is 0 Å². The smallest absolute Gasteiger partial charge is 0.407 e. The first kappa shape index (κ1) is 44.0. The first-order valence-corrected chi connectivity index (χ1v) is 22.9. The number of benzene rings is 2. The molecule has 65 heavy (non-hydrogen) atoms. The number of nitriles is 1. The molecule has 6 heterocycles. The molecule has 2 aromatic heterocycles. The van der Waals surface area contributed by atoms with Gasteiger partial charge < -0.3 is 49.3 Å². The summed E-state index contributed by atoms with van der Waals surface area (Å²) in [4.78, 5) is 73.7. The lowest BCUT2D eigenvalue weighted by atomic mass is 9.88. The van der Waals surface area contributed by atoms with Gasteiger partial charge >= 0.3 is 12.2 Å². The lowest BCUT2D eigenvalue weighted by Gasteiger charge is -2.43. The molecule has 7 atom stereocenters. The maximum absolute atomic E-state index is 14.4. The van der Waals surface area contributed by atoms with Gasteiger partial charge in [0.2, 0.25) is 11.8 Å². The number of likely N-dealkylation sites (tertiary alicyclic amines) is 2. The molecule has 4 aliphatic heterocycles. The first-order valence-electron chi connectivity index (χ1n) is 22.9. The Morgan fingerprint density at radius 2 is 1.28 bits per heavy atom. The number of piperidine rings is 2. The number of carbonyl (C=O) groups is 4. The zero-order chi connectivity index (χ0) is 45.2. The van der Waals surface area contributed by atoms with Crippen LogP contribution in [-0.2, 0) is 28.5 Å². The minimum absolute atomic E-state index is 0.0369. The number of aromatic amines is 2. The van der Waals surface area contributed by atoms with Crippen LogP contribution in [0.15, 0.2) is 54.7 Å². The third kappa shape index (κ3) is 9.06. The average Bonchev–Trinajstić information content (AvgIpc) is 3.65. The van der Waals surface area contributed by atoms with Gasteiger partial charge in [-0.05, 0) is 99.2 Å². The summed E-state index contributed by atoms with van der Waals surface area (Å²) in [6.07, 6.45) is 7.33. The fourth-order valence-corrected chi connectivity index (χ4v) is 10.6. The molecule has 4 N–H and O–H groups in total. The highest BCUT2D eigenvalue weighted by atomic mass is 16.5. The Morgan fingerprint density at radius 1 is 0.723 bits per heavy atom. The van der Waals surface area contributed by atoms with Crippen molar-refractivity contribution in [2.75, 3.05) is 40.6 Å². The topological polar surface area (TPSA) is 217 Å². The summed E-state index contributed by atoms with van der Waals surface area (Å²) >= 11 is 0. The Hall–Kier alpha value is -6.25. The molecular weight excluding hydrogens is 831 g/mol. The Bertz CT molecular complexity index is 2400. The summed E-state index contributed by atoms with van der Waals surface area (Å²) in [7, 11) is 2.60. The zero-order valence-electron chi connectivity index (χ0n) is 37.1. The van der Waals surface area contributed by atoms with Crippen LogP contribution >= 0.6 is 0 Å². The van der Waals surface area contributed by atoms with Gasteiger partial charge in [0, 0.05) is 44.1 Å². The third-order valence-electron chi connectivity index (χ3n) is 14.2. The number of methoxy groups -OCH3 is 2. The van der Waals surface area contributed by atoms with E-state index in [1.165, 1.54) is 14.2 Å². The van der Waals surface area contributed by atoms with Crippen molar-refractivity contribution in [3.63, 3.8) is 0 Å². The molecule has 1 aliphatic carbocycles. The number of alkyl carbamates (subject to hydrolysis) is 2. The van der Waals surface area contributed by atoms with Crippen molar-refractivity contribution in [2.24, 2.45) is 17.8 Å². The van der Waals surface area contributed by atoms with Crippen molar-refractivity contribution in [1.82, 2.24) is 40.4 Å². The van der Waals surface area contributed by atoms with Crippen LogP contribution in [0.1, 0.15) is 94.1 Å². The molecule has 2 aromatic carbocycles. The minimum atomic E-state index is -0.775. The van der Waals surface area contributed by atoms with Gasteiger partial charge in [0.05, 0.1) is 43.9 Å². The molecule has 0 spiro atoms. The largest absolute Gasteiger partial charge is 0.453 e. The number of rotatable bonds is 11. The number of imidazole rings is 2. The molecule has 4 aromatic rings. The van der Waals surface area contributed by atoms with Crippen molar-refractivity contribution in [3.05, 3.63) is 72.1 Å². The second-order valence-electron chi connectivity index (χ2n) is 18.0. The fourth-order valence-electron chi connectivity index (χ4n) is 10.6. The van der Waals surface area contributed by atoms with Gasteiger partial charge in [-0.15, -0.1) is 0 Å². The number of hydrogen-bond acceptors (Lipinski definition) is 11. The van der Waals surface area contributed by atoms with E-state index in [1.807, 2.05) is 59.3 Å². The van der Waals surface area contributed by atoms with Crippen molar-refractivity contribution in [2.45, 2.75) is 101 Å². The molecule has 0 bridgehead atoms. The minimum Gasteiger partial charge on any atom is -0.453 e. The zero-order valence-corrected chi connectivity index (χ0v) is 37.1. The van der Waals surface area contributed by atoms with Crippen LogP contribution in [-0.4, -0.2) is 119 Å². The van der Waals surface area contributed by atoms with Crippen molar-refractivity contribution in [1.29, 1.82) is 5.26 Å². The second-order valence-corrected chi connectivity index (χ2v) is 18.0. The van der Waals surface area contributed by atoms with Crippen LogP contribution in [0.5, 0.6) is 0 Å². The van der Waals surface area contributed by atoms with Gasteiger partial charge in [0.15, 0.2) is 5.69 Å². The molecule has 9 rings (SSSR count). The standard InChI is InChI=1S/C48H57N9O8/c1-27-5-4-6-37(56(27)45(58)41(54-47(60)62-2)32-15-19-64-20-16-32)44-51-35(25-49)40(53-44)31-13-9-29(10-14-31)28-7-11-30(12-8-28)36-26-50-43(52-36)39-24-34-23-38(34)57(39)46(59)42(55-48(61)63-3)33-17-21-65-22-18-33/h7-14,26-27,32-34,37-39,41-42H,4-6,15-24H2,1-3H3,(H,50,52)(H,51,53)(H,54,60)(H,55,61)/t27?,34-,37+,38-,39+,41+,42+/m1/s1. The highest BCUT2D eigenvalue weighted by molar-refractivity contribution is 5.88. The van der Waals surface area contributed by atoms with Gasteiger partial charge in [-0.2, -0.15) is 5.26 Å². The number of hydrogen-bond donors (Lipinski definition) is 4. The van der Waals surface area contributed by atoms with Crippen LogP contribution in [0, 0.1) is 29.1 Å². The van der Waals surface area contributed by atoms with Crippen molar-refractivity contribution in [3.8, 4) is 39.7 Å². The summed E-state index contributed by atoms with van der Waals surface area (Å²) in [5, 5.41) is 15.9. The Kier molecular flexibility index (Phi) is 12.9. The summed E-state index contributed by atoms with van der Waals surface area (Å²) in [6.45, 7) is 4.16. The predicted octanol–water partition coefficient (Wildman–Crippen LogP) is 6.41. The molecule has 17 nitrogen and oxygen atoms in total. The number of carbonyl (C=O) groups excluding carboxylic acids is 4. The van der Waals surface area contributed by atoms with E-state index in [4.69, 9.17) is 28.9 Å². The highest BCUT2D eigenvalue weighted by Gasteiger charge is 2.56. The molecular formula is C48H57N9O8. The highest BCUT2D eigenvalue weighted by Crippen LogP contribution is 2.53. The number of nitrogens with one attached hydrogen (secondary N) is 4. The van der Waals surface area contributed by atoms with Crippen LogP contribution < -0.4 is 10.6 Å². The van der Waals surface area contributed by atoms with Gasteiger partial charge in [0.1, 0.15) is 29.8 Å². The molecule has 1 unspecified atom stereocenters. The van der Waals surface area contributed by atoms with Gasteiger partial charge in [0.25, 0.3) is 0 Å². The van der Waals surface area contributed by atoms with Crippen LogP contribution in [0.3, 0.4) is 0 Å². The van der Waals surface area contributed by atoms with E-state index < -0.39 is 30.3 Å². The number of nitrogens with zero attached hydrogens (tertiary/aromatic N) is 5. The fraction of sp³-hybridized carbons (Fsp3) is 0.521. The van der Waals surface area contributed by atoms with E-state index in [0.29, 0.717) is 76.0 Å². The maximum atomic E-state index is 14.4. The predicted molar refractivity (Wildman–Crippen MR) is 236 cm³/mol. The summed E-state index contributed by atoms with van der Waals surface area (Å²) in [6, 6.07) is 16.3. The van der Waals surface area contributed by atoms with E-state index in [2.05, 4.69) is 38.8 Å². The molecule has 342 valence electrons. The van der Waals surface area contributed by atoms with E-state index >= 15 is 0 Å². The Labute approximate surface area is 377 Å². The van der Waals surface area contributed by atoms with Crippen molar-refractivity contribution < 1.29 is 38.1 Å². The lowest BCUT2D eigenvalue weighted by Crippen LogP contribution is -2.57. The average molecular weight is 888 g/mol. The molecule has 17 heteroatoms. The van der Waals surface area contributed by atoms with Crippen molar-refractivity contribution >= 4 is 24.0 Å². The number of H-pyrrole nitrogens is 2. The summed E-state index contributed by atoms with van der Waals surface area (Å²) in [5.74, 6) is 1.27. The first-order chi connectivity index (χ1) is 31.6. The van der Waals surface area contributed by atoms with E-state index in [1.54, 1.807) is 0 Å². The van der Waals surface area contributed by atoms with Gasteiger partial charge in [-0.25, -0.2) is 19.6 Å². The molecule has 4 saturated heterocycles. The van der Waals surface area contributed by atoms with Crippen LogP contribution in [0.4, 0.5) is 9.59 Å². The Balaban J connectivity index is 0.895. The van der Waals surface area contributed by atoms with E-state index in [9.17, 15) is 24.4 Å². The monoisotopic (exact) mass is 887 g/mol. The third-order valence-corrected chi connectivity index (χ3v) is 14.2. The summed E-state index contributed by atoms with van der Waals surface area (Å²) in [5.41, 5.74) is 5.39. The normalized spacial score (nSPS) is 24.3. The van der Waals surface area contributed by atoms with Gasteiger partial charge in [-0.1, -0.05) is 48.5 Å². The van der Waals surface area contributed by atoms with Crippen LogP contribution in [0.25, 0.3) is 33.6 Å². The van der Waals surface area contributed by atoms with Gasteiger partial charge in [-0.3, -0.25) is 9.59 Å². The molecule has 1 saturated carbocycles. The quantitative estimate of drug-likeness (QED) is 0.129. The maximum Gasteiger partial charge on any atom is 0.407 e. The lowest BCUT2D eigenvalue weighted by molar-refractivity contribution is -0.143. The Morgan fingerprint density at radius 3 is 1.85 bits per heavy atom. The number of aromatic nitrogens is 4. The number of fused-ring (bicyclic) bond motifs is 1. The molecule has 4 amide bonds. The molecule has 5 fully saturated rings.